The van der Waals surface area contributed by atoms with Crippen molar-refractivity contribution in [3.8, 4) is 0 Å². The Balaban J connectivity index is 1.78. The molecule has 5 nitrogen and oxygen atoms in total. The Kier molecular flexibility index (Phi) is 4.80. The molecule has 2 atom stereocenters. The number of hydrogen-bond acceptors (Lipinski definition) is 3. The Bertz CT molecular complexity index is 340. The predicted molar refractivity (Wildman–Crippen MR) is 71.7 cm³/mol. The number of hydrogen-bond donors (Lipinski definition) is 2. The molecule has 2 rings (SSSR count). The van der Waals surface area contributed by atoms with Gasteiger partial charge in [0.1, 0.15) is 0 Å². The summed E-state index contributed by atoms with van der Waals surface area (Å²) in [5, 5.41) is 12.4. The van der Waals surface area contributed by atoms with Crippen LogP contribution < -0.4 is 5.32 Å². The van der Waals surface area contributed by atoms with Gasteiger partial charge in [-0.2, -0.15) is 0 Å². The number of nitrogens with zero attached hydrogens (tertiary/aromatic N) is 1. The van der Waals surface area contributed by atoms with Crippen LogP contribution in [0.5, 0.6) is 0 Å². The highest BCUT2D eigenvalue weighted by Crippen LogP contribution is 2.26. The minimum Gasteiger partial charge on any atom is -0.481 e. The molecule has 2 aliphatic rings. The first kappa shape index (κ1) is 14.3. The van der Waals surface area contributed by atoms with Crippen LogP contribution in [-0.4, -0.2) is 47.6 Å². The van der Waals surface area contributed by atoms with E-state index in [4.69, 9.17) is 5.11 Å². The zero-order valence-corrected chi connectivity index (χ0v) is 11.6. The number of rotatable bonds is 4. The molecule has 1 amide bonds. The van der Waals surface area contributed by atoms with E-state index in [0.29, 0.717) is 25.3 Å². The molecule has 5 heteroatoms. The number of likely N-dealkylation sites (tertiary alicyclic amines) is 1. The number of amides is 1. The fourth-order valence-electron chi connectivity index (χ4n) is 3.26. The van der Waals surface area contributed by atoms with Crippen LogP contribution in [0.2, 0.25) is 0 Å². The third kappa shape index (κ3) is 3.47. The van der Waals surface area contributed by atoms with Crippen LogP contribution in [0.15, 0.2) is 0 Å². The van der Waals surface area contributed by atoms with Gasteiger partial charge in [-0.1, -0.05) is 0 Å². The normalized spacial score (nSPS) is 28.6. The zero-order chi connectivity index (χ0) is 13.8. The van der Waals surface area contributed by atoms with E-state index in [1.807, 2.05) is 6.92 Å². The van der Waals surface area contributed by atoms with E-state index < -0.39 is 5.97 Å². The Labute approximate surface area is 114 Å². The summed E-state index contributed by atoms with van der Waals surface area (Å²) >= 11 is 0. The summed E-state index contributed by atoms with van der Waals surface area (Å²) < 4.78 is 0. The summed E-state index contributed by atoms with van der Waals surface area (Å²) in [5.74, 6) is -0.378. The molecule has 2 saturated heterocycles. The van der Waals surface area contributed by atoms with Crippen LogP contribution in [-0.2, 0) is 9.59 Å². The first-order valence-electron chi connectivity index (χ1n) is 7.32. The second-order valence-corrected chi connectivity index (χ2v) is 5.79. The molecule has 2 N–H and O–H groups in total. The van der Waals surface area contributed by atoms with Gasteiger partial charge in [0.15, 0.2) is 0 Å². The van der Waals surface area contributed by atoms with Crippen molar-refractivity contribution >= 4 is 11.9 Å². The number of aliphatic carboxylic acids is 1. The molecule has 0 aliphatic carbocycles. The Hall–Kier alpha value is -1.10. The molecule has 0 aromatic rings. The van der Waals surface area contributed by atoms with Crippen molar-refractivity contribution < 1.29 is 14.7 Å². The van der Waals surface area contributed by atoms with E-state index in [0.717, 1.165) is 32.4 Å². The number of nitrogens with one attached hydrogen (secondary N) is 1. The van der Waals surface area contributed by atoms with Gasteiger partial charge in [0.05, 0.1) is 5.92 Å². The Morgan fingerprint density at radius 2 is 1.95 bits per heavy atom. The van der Waals surface area contributed by atoms with Gasteiger partial charge in [-0.3, -0.25) is 9.59 Å². The molecule has 0 aromatic carbocycles. The predicted octanol–water partition coefficient (Wildman–Crippen LogP) is 1.09. The number of carboxylic acid groups (broad SMARTS) is 1. The summed E-state index contributed by atoms with van der Waals surface area (Å²) in [6, 6.07) is -0.155. The Morgan fingerprint density at radius 1 is 1.26 bits per heavy atom. The van der Waals surface area contributed by atoms with Gasteiger partial charge >= 0.3 is 5.97 Å². The molecule has 0 bridgehead atoms. The van der Waals surface area contributed by atoms with Crippen molar-refractivity contribution in [1.29, 1.82) is 0 Å². The molecule has 2 heterocycles. The lowest BCUT2D eigenvalue weighted by Crippen LogP contribution is -2.38. The van der Waals surface area contributed by atoms with E-state index in [-0.39, 0.29) is 17.9 Å². The van der Waals surface area contributed by atoms with Crippen molar-refractivity contribution in [2.24, 2.45) is 11.8 Å². The van der Waals surface area contributed by atoms with Gasteiger partial charge in [-0.15, -0.1) is 0 Å². The molecule has 0 aromatic heterocycles. The van der Waals surface area contributed by atoms with Crippen LogP contribution in [0.4, 0.5) is 0 Å². The van der Waals surface area contributed by atoms with E-state index in [2.05, 4.69) is 5.32 Å². The molecular formula is C14H24N2O3. The van der Waals surface area contributed by atoms with Gasteiger partial charge in [0.25, 0.3) is 0 Å². The van der Waals surface area contributed by atoms with Crippen molar-refractivity contribution in [1.82, 2.24) is 10.2 Å². The van der Waals surface area contributed by atoms with Crippen molar-refractivity contribution in [3.63, 3.8) is 0 Å². The summed E-state index contributed by atoms with van der Waals surface area (Å²) in [6.07, 6.45) is 4.42. The molecular weight excluding hydrogens is 244 g/mol. The SMILES string of the molecule is CC1C(C(=O)O)CCN1C(=O)CCC1CCNCC1. The summed E-state index contributed by atoms with van der Waals surface area (Å²) in [7, 11) is 0. The van der Waals surface area contributed by atoms with Crippen molar-refractivity contribution in [2.45, 2.75) is 45.1 Å². The first-order valence-corrected chi connectivity index (χ1v) is 7.32. The monoisotopic (exact) mass is 268 g/mol. The Morgan fingerprint density at radius 3 is 2.53 bits per heavy atom. The largest absolute Gasteiger partial charge is 0.481 e. The van der Waals surface area contributed by atoms with E-state index in [9.17, 15) is 9.59 Å². The average molecular weight is 268 g/mol. The van der Waals surface area contributed by atoms with E-state index in [1.165, 1.54) is 0 Å². The maximum atomic E-state index is 12.2. The topological polar surface area (TPSA) is 69.6 Å². The van der Waals surface area contributed by atoms with Crippen molar-refractivity contribution in [2.75, 3.05) is 19.6 Å². The summed E-state index contributed by atoms with van der Waals surface area (Å²) in [4.78, 5) is 25.0. The fraction of sp³-hybridized carbons (Fsp3) is 0.857. The highest BCUT2D eigenvalue weighted by molar-refractivity contribution is 5.79. The van der Waals surface area contributed by atoms with Crippen LogP contribution in [0.25, 0.3) is 0 Å². The number of carbonyl (C=O) groups is 2. The number of carbonyl (C=O) groups excluding carboxylic acids is 1. The molecule has 2 fully saturated rings. The highest BCUT2D eigenvalue weighted by atomic mass is 16.4. The summed E-state index contributed by atoms with van der Waals surface area (Å²) in [6.45, 7) is 4.57. The third-order valence-electron chi connectivity index (χ3n) is 4.62. The van der Waals surface area contributed by atoms with Crippen LogP contribution in [0, 0.1) is 11.8 Å². The molecule has 19 heavy (non-hydrogen) atoms. The van der Waals surface area contributed by atoms with Crippen molar-refractivity contribution in [3.05, 3.63) is 0 Å². The minimum absolute atomic E-state index is 0.134. The number of carboxylic acids is 1. The van der Waals surface area contributed by atoms with Gasteiger partial charge in [0.2, 0.25) is 5.91 Å². The van der Waals surface area contributed by atoms with E-state index >= 15 is 0 Å². The van der Waals surface area contributed by atoms with Gasteiger partial charge in [-0.05, 0) is 51.6 Å². The van der Waals surface area contributed by atoms with Gasteiger partial charge < -0.3 is 15.3 Å². The first-order chi connectivity index (χ1) is 9.09. The molecule has 0 saturated carbocycles. The lowest BCUT2D eigenvalue weighted by atomic mass is 9.93. The average Bonchev–Trinajstić information content (AvgIpc) is 2.79. The highest BCUT2D eigenvalue weighted by Gasteiger charge is 2.37. The standard InChI is InChI=1S/C14H24N2O3/c1-10-12(14(18)19)6-9-16(10)13(17)3-2-11-4-7-15-8-5-11/h10-12,15H,2-9H2,1H3,(H,18,19). The number of piperidine rings is 1. The molecule has 2 unspecified atom stereocenters. The fourth-order valence-corrected chi connectivity index (χ4v) is 3.26. The van der Waals surface area contributed by atoms with E-state index in [1.54, 1.807) is 4.90 Å². The molecule has 2 aliphatic heterocycles. The van der Waals surface area contributed by atoms with Crippen LogP contribution in [0.1, 0.15) is 39.0 Å². The second-order valence-electron chi connectivity index (χ2n) is 5.79. The maximum Gasteiger partial charge on any atom is 0.308 e. The minimum atomic E-state index is -0.777. The molecule has 0 spiro atoms. The van der Waals surface area contributed by atoms with Gasteiger partial charge in [0, 0.05) is 19.0 Å². The lowest BCUT2D eigenvalue weighted by molar-refractivity contribution is -0.143. The molecule has 0 radical (unpaired) electrons. The zero-order valence-electron chi connectivity index (χ0n) is 11.6. The van der Waals surface area contributed by atoms with Crippen LogP contribution >= 0.6 is 0 Å². The quantitative estimate of drug-likeness (QED) is 0.800. The van der Waals surface area contributed by atoms with Gasteiger partial charge in [-0.25, -0.2) is 0 Å². The third-order valence-corrected chi connectivity index (χ3v) is 4.62. The molecule has 108 valence electrons. The summed E-state index contributed by atoms with van der Waals surface area (Å²) in [5.41, 5.74) is 0. The second kappa shape index (κ2) is 6.37. The maximum absolute atomic E-state index is 12.2. The lowest BCUT2D eigenvalue weighted by Gasteiger charge is -2.26. The smallest absolute Gasteiger partial charge is 0.308 e. The van der Waals surface area contributed by atoms with Crippen LogP contribution in [0.3, 0.4) is 0 Å².